The molecule has 0 bridgehead atoms. The SMILES string of the molecule is CCCCCC[C@@H](C)OC(=O)c1ccc(-c2ccc(OC(=O)c3ccc(OCCCOC(=O)C(F)(F)C(F)(F)C(F)(F)C(F)(F)C(F)(F)C(F)(F)C(F)(F)C(F)F)cc3)cc2)cc1. The molecule has 0 fully saturated rings. The van der Waals surface area contributed by atoms with E-state index in [2.05, 4.69) is 11.7 Å². The Labute approximate surface area is 347 Å². The van der Waals surface area contributed by atoms with E-state index in [1.165, 1.54) is 24.3 Å². The van der Waals surface area contributed by atoms with Gasteiger partial charge in [0.2, 0.25) is 0 Å². The molecule has 3 aromatic carbocycles. The van der Waals surface area contributed by atoms with Gasteiger partial charge in [-0.3, -0.25) is 0 Å². The quantitative estimate of drug-likeness (QED) is 0.0405. The fourth-order valence-corrected chi connectivity index (χ4v) is 5.30. The van der Waals surface area contributed by atoms with Crippen molar-refractivity contribution in [2.75, 3.05) is 13.2 Å². The average Bonchev–Trinajstić information content (AvgIpc) is 3.22. The Morgan fingerprint density at radius 2 is 1.00 bits per heavy atom. The topological polar surface area (TPSA) is 88.1 Å². The van der Waals surface area contributed by atoms with Crippen LogP contribution in [0.3, 0.4) is 0 Å². The molecule has 0 amide bonds. The van der Waals surface area contributed by atoms with Crippen molar-refractivity contribution in [2.45, 2.75) is 106 Å². The van der Waals surface area contributed by atoms with E-state index in [1.54, 1.807) is 36.4 Å². The van der Waals surface area contributed by atoms with Gasteiger partial charge in [-0.1, -0.05) is 50.5 Å². The molecule has 23 heteroatoms. The summed E-state index contributed by atoms with van der Waals surface area (Å²) in [6.07, 6.45) is -2.00. The van der Waals surface area contributed by atoms with Gasteiger partial charge in [0.25, 0.3) is 0 Å². The first-order valence-corrected chi connectivity index (χ1v) is 18.5. The Balaban J connectivity index is 1.51. The van der Waals surface area contributed by atoms with Crippen LogP contribution < -0.4 is 9.47 Å². The molecule has 0 unspecified atom stereocenters. The molecule has 0 aliphatic heterocycles. The van der Waals surface area contributed by atoms with E-state index in [0.29, 0.717) is 11.1 Å². The van der Waals surface area contributed by atoms with Crippen LogP contribution in [-0.4, -0.2) is 85.1 Å². The number of alkyl halides is 16. The second kappa shape index (κ2) is 20.1. The third-order valence-electron chi connectivity index (χ3n) is 9.09. The molecule has 63 heavy (non-hydrogen) atoms. The lowest BCUT2D eigenvalue weighted by atomic mass is 9.89. The zero-order chi connectivity index (χ0) is 47.8. The molecule has 0 saturated carbocycles. The van der Waals surface area contributed by atoms with Crippen LogP contribution in [0.2, 0.25) is 0 Å². The minimum atomic E-state index is -8.64. The van der Waals surface area contributed by atoms with Gasteiger partial charge in [-0.15, -0.1) is 0 Å². The lowest BCUT2D eigenvalue weighted by Crippen LogP contribution is -2.74. The zero-order valence-corrected chi connectivity index (χ0v) is 32.6. The standard InChI is InChI=1S/C40H36F16O7/c1-3-4-5-6-8-23(2)62-30(57)26-11-9-24(10-12-26)25-13-19-29(20-14-25)63-31(58)27-15-17-28(18-16-27)60-21-7-22-61-33(59)35(45,46)37(49,50)39(53,54)40(55,56)38(51,52)36(47,48)34(43,44)32(41)42/h9-20,23,32H,3-8,21-22H2,1-2H3/t23-/m1/s1. The Morgan fingerprint density at radius 3 is 1.52 bits per heavy atom. The molecule has 3 aromatic rings. The van der Waals surface area contributed by atoms with Crippen molar-refractivity contribution < 1.29 is 104 Å². The molecular formula is C40H36F16O7. The summed E-state index contributed by atoms with van der Waals surface area (Å²) in [4.78, 5) is 36.7. The first kappa shape index (κ1) is 52.1. The third-order valence-corrected chi connectivity index (χ3v) is 9.09. The number of hydrogen-bond donors (Lipinski definition) is 0. The van der Waals surface area contributed by atoms with Crippen molar-refractivity contribution in [1.29, 1.82) is 0 Å². The zero-order valence-electron chi connectivity index (χ0n) is 32.6. The van der Waals surface area contributed by atoms with Crippen LogP contribution in [0.1, 0.15) is 73.1 Å². The average molecular weight is 933 g/mol. The van der Waals surface area contributed by atoms with Gasteiger partial charge in [0.05, 0.1) is 30.4 Å². The molecular weight excluding hydrogens is 896 g/mol. The van der Waals surface area contributed by atoms with Crippen LogP contribution in [0.25, 0.3) is 11.1 Å². The summed E-state index contributed by atoms with van der Waals surface area (Å²) in [5, 5.41) is 0. The van der Waals surface area contributed by atoms with Crippen LogP contribution in [0.5, 0.6) is 11.5 Å². The lowest BCUT2D eigenvalue weighted by Gasteiger charge is -2.42. The van der Waals surface area contributed by atoms with Crippen LogP contribution >= 0.6 is 0 Å². The van der Waals surface area contributed by atoms with Gasteiger partial charge in [-0.2, -0.15) is 61.5 Å². The van der Waals surface area contributed by atoms with Gasteiger partial charge in [-0.05, 0) is 79.4 Å². The monoisotopic (exact) mass is 932 g/mol. The van der Waals surface area contributed by atoms with Crippen LogP contribution in [-0.2, 0) is 14.3 Å². The molecule has 0 saturated heterocycles. The van der Waals surface area contributed by atoms with Gasteiger partial charge >= 0.3 is 65.8 Å². The van der Waals surface area contributed by atoms with Gasteiger partial charge in [0.1, 0.15) is 11.5 Å². The number of carbonyl (C=O) groups is 3. The molecule has 0 spiro atoms. The van der Waals surface area contributed by atoms with Gasteiger partial charge in [-0.25, -0.2) is 23.2 Å². The van der Waals surface area contributed by atoms with Crippen LogP contribution in [0.15, 0.2) is 72.8 Å². The normalized spacial score (nSPS) is 13.7. The molecule has 0 radical (unpaired) electrons. The second-order valence-corrected chi connectivity index (χ2v) is 13.8. The molecule has 3 rings (SSSR count). The number of hydrogen-bond acceptors (Lipinski definition) is 7. The summed E-state index contributed by atoms with van der Waals surface area (Å²) in [6.45, 7) is 1.82. The molecule has 0 aliphatic carbocycles. The molecule has 350 valence electrons. The van der Waals surface area contributed by atoms with Crippen LogP contribution in [0, 0.1) is 0 Å². The number of unbranched alkanes of at least 4 members (excludes halogenated alkanes) is 3. The number of halogens is 16. The van der Waals surface area contributed by atoms with Gasteiger partial charge in [0.15, 0.2) is 0 Å². The Bertz CT molecular complexity index is 1990. The molecule has 1 atom stereocenters. The molecule has 0 heterocycles. The summed E-state index contributed by atoms with van der Waals surface area (Å²) >= 11 is 0. The van der Waals surface area contributed by atoms with Crippen molar-refractivity contribution in [2.24, 2.45) is 0 Å². The van der Waals surface area contributed by atoms with Crippen molar-refractivity contribution in [3.8, 4) is 22.6 Å². The predicted molar refractivity (Wildman–Crippen MR) is 189 cm³/mol. The Kier molecular flexibility index (Phi) is 16.6. The number of rotatable bonds is 23. The molecule has 0 aliphatic rings. The van der Waals surface area contributed by atoms with E-state index in [-0.39, 0.29) is 23.2 Å². The highest BCUT2D eigenvalue weighted by molar-refractivity contribution is 5.91. The maximum Gasteiger partial charge on any atom is 0.410 e. The number of benzene rings is 3. The smallest absolute Gasteiger partial charge is 0.410 e. The summed E-state index contributed by atoms with van der Waals surface area (Å²) in [5.74, 6) is -61.9. The molecule has 7 nitrogen and oxygen atoms in total. The Hall–Kier alpha value is -5.25. The first-order valence-electron chi connectivity index (χ1n) is 18.5. The summed E-state index contributed by atoms with van der Waals surface area (Å²) in [6, 6.07) is 17.6. The maximum absolute atomic E-state index is 14.1. The van der Waals surface area contributed by atoms with Crippen LogP contribution in [0.4, 0.5) is 70.2 Å². The fraction of sp³-hybridized carbons (Fsp3) is 0.475. The van der Waals surface area contributed by atoms with Crippen molar-refractivity contribution in [3.05, 3.63) is 83.9 Å². The Morgan fingerprint density at radius 1 is 0.540 bits per heavy atom. The maximum atomic E-state index is 14.1. The third kappa shape index (κ3) is 10.9. The summed E-state index contributed by atoms with van der Waals surface area (Å²) in [5.41, 5.74) is 1.78. The van der Waals surface area contributed by atoms with E-state index in [1.807, 2.05) is 6.92 Å². The summed E-state index contributed by atoms with van der Waals surface area (Å²) < 4.78 is 235. The summed E-state index contributed by atoms with van der Waals surface area (Å²) in [7, 11) is 0. The van der Waals surface area contributed by atoms with E-state index >= 15 is 0 Å². The van der Waals surface area contributed by atoms with Crippen molar-refractivity contribution in [3.63, 3.8) is 0 Å². The number of carbonyl (C=O) groups excluding carboxylic acids is 3. The first-order chi connectivity index (χ1) is 29.0. The van der Waals surface area contributed by atoms with Gasteiger partial charge in [0, 0.05) is 6.42 Å². The fourth-order valence-electron chi connectivity index (χ4n) is 5.30. The highest BCUT2D eigenvalue weighted by Crippen LogP contribution is 2.63. The molecule has 0 N–H and O–H groups in total. The second-order valence-electron chi connectivity index (χ2n) is 13.8. The predicted octanol–water partition coefficient (Wildman–Crippen LogP) is 12.1. The minimum absolute atomic E-state index is 0.0344. The lowest BCUT2D eigenvalue weighted by molar-refractivity contribution is -0.444. The van der Waals surface area contributed by atoms with E-state index in [0.717, 1.165) is 49.8 Å². The van der Waals surface area contributed by atoms with Crippen molar-refractivity contribution >= 4 is 17.9 Å². The van der Waals surface area contributed by atoms with E-state index < -0.39 is 85.4 Å². The molecule has 0 aromatic heterocycles. The van der Waals surface area contributed by atoms with Gasteiger partial charge < -0.3 is 18.9 Å². The number of esters is 3. The highest BCUT2D eigenvalue weighted by atomic mass is 19.4. The van der Waals surface area contributed by atoms with E-state index in [9.17, 15) is 84.6 Å². The van der Waals surface area contributed by atoms with E-state index in [4.69, 9.17) is 14.2 Å². The number of ether oxygens (including phenoxy) is 4. The minimum Gasteiger partial charge on any atom is -0.493 e. The highest BCUT2D eigenvalue weighted by Gasteiger charge is 2.94. The largest absolute Gasteiger partial charge is 0.493 e. The van der Waals surface area contributed by atoms with Crippen molar-refractivity contribution in [1.82, 2.24) is 0 Å².